The van der Waals surface area contributed by atoms with Crippen molar-refractivity contribution in [2.45, 2.75) is 27.4 Å². The highest BCUT2D eigenvalue weighted by Gasteiger charge is 2.10. The van der Waals surface area contributed by atoms with Crippen LogP contribution in [0.15, 0.2) is 45.6 Å². The molecular weight excluding hydrogens is 312 g/mol. The second kappa shape index (κ2) is 6.09. The van der Waals surface area contributed by atoms with E-state index in [0.29, 0.717) is 23.0 Å². The molecule has 0 saturated heterocycles. The molecule has 1 heterocycles. The van der Waals surface area contributed by atoms with Crippen LogP contribution in [0.4, 0.5) is 0 Å². The Morgan fingerprint density at radius 2 is 1.83 bits per heavy atom. The van der Waals surface area contributed by atoms with Gasteiger partial charge in [-0.3, -0.25) is 0 Å². The van der Waals surface area contributed by atoms with Gasteiger partial charge < -0.3 is 9.15 Å². The minimum absolute atomic E-state index is 0.377. The van der Waals surface area contributed by atoms with Gasteiger partial charge in [-0.25, -0.2) is 4.79 Å². The Morgan fingerprint density at radius 1 is 1.04 bits per heavy atom. The molecule has 0 aliphatic rings. The van der Waals surface area contributed by atoms with Crippen LogP contribution >= 0.6 is 11.6 Å². The first-order chi connectivity index (χ1) is 10.9. The number of hydrogen-bond acceptors (Lipinski definition) is 3. The summed E-state index contributed by atoms with van der Waals surface area (Å²) in [6, 6.07) is 11.1. The summed E-state index contributed by atoms with van der Waals surface area (Å²) in [7, 11) is 0. The number of ether oxygens (including phenoxy) is 1. The van der Waals surface area contributed by atoms with Crippen molar-refractivity contribution in [1.29, 1.82) is 0 Å². The normalized spacial score (nSPS) is 11.0. The summed E-state index contributed by atoms with van der Waals surface area (Å²) < 4.78 is 11.1. The zero-order valence-electron chi connectivity index (χ0n) is 13.3. The minimum atomic E-state index is -0.377. The molecule has 0 amide bonds. The molecule has 0 aliphatic heterocycles. The summed E-state index contributed by atoms with van der Waals surface area (Å²) in [5.41, 5.74) is 4.38. The first kappa shape index (κ1) is 15.6. The molecule has 0 radical (unpaired) electrons. The van der Waals surface area contributed by atoms with E-state index in [2.05, 4.69) is 18.2 Å². The lowest BCUT2D eigenvalue weighted by Gasteiger charge is -2.12. The van der Waals surface area contributed by atoms with Gasteiger partial charge in [-0.2, -0.15) is 0 Å². The summed E-state index contributed by atoms with van der Waals surface area (Å²) in [5.74, 6) is 0.508. The van der Waals surface area contributed by atoms with E-state index in [1.807, 2.05) is 20.8 Å². The zero-order chi connectivity index (χ0) is 16.6. The van der Waals surface area contributed by atoms with Crippen molar-refractivity contribution in [3.8, 4) is 5.75 Å². The highest BCUT2D eigenvalue weighted by Crippen LogP contribution is 2.31. The number of aryl methyl sites for hydroxylation is 3. The summed E-state index contributed by atoms with van der Waals surface area (Å²) >= 11 is 6.31. The topological polar surface area (TPSA) is 39.4 Å². The molecular formula is C19H17ClO3. The van der Waals surface area contributed by atoms with E-state index in [4.69, 9.17) is 20.8 Å². The summed E-state index contributed by atoms with van der Waals surface area (Å²) in [5, 5.41) is 1.31. The molecule has 0 unspecified atom stereocenters. The Bertz CT molecular complexity index is 941. The van der Waals surface area contributed by atoms with Crippen molar-refractivity contribution in [3.05, 3.63) is 74.1 Å². The second-order valence-corrected chi connectivity index (χ2v) is 6.15. The van der Waals surface area contributed by atoms with Crippen molar-refractivity contribution < 1.29 is 9.15 Å². The quantitative estimate of drug-likeness (QED) is 0.638. The van der Waals surface area contributed by atoms with Crippen molar-refractivity contribution in [3.63, 3.8) is 0 Å². The highest BCUT2D eigenvalue weighted by molar-refractivity contribution is 6.32. The number of halogens is 1. The fraction of sp³-hybridized carbons (Fsp3) is 0.211. The number of hydrogen-bond donors (Lipinski definition) is 0. The van der Waals surface area contributed by atoms with Crippen LogP contribution in [0, 0.1) is 20.8 Å². The van der Waals surface area contributed by atoms with E-state index in [1.54, 1.807) is 12.1 Å². The number of fused-ring (bicyclic) bond motifs is 1. The SMILES string of the molecule is Cc1ccc(C)c(COc2cc3oc(=O)cc(C)c3cc2Cl)c1. The third kappa shape index (κ3) is 3.25. The minimum Gasteiger partial charge on any atom is -0.487 e. The maximum Gasteiger partial charge on any atom is 0.336 e. The van der Waals surface area contributed by atoms with Crippen LogP contribution < -0.4 is 10.4 Å². The molecule has 23 heavy (non-hydrogen) atoms. The van der Waals surface area contributed by atoms with Crippen LogP contribution in [0.2, 0.25) is 5.02 Å². The molecule has 1 aromatic heterocycles. The molecule has 0 bridgehead atoms. The largest absolute Gasteiger partial charge is 0.487 e. The number of rotatable bonds is 3. The van der Waals surface area contributed by atoms with Gasteiger partial charge in [-0.1, -0.05) is 35.4 Å². The van der Waals surface area contributed by atoms with Gasteiger partial charge in [0.25, 0.3) is 0 Å². The smallest absolute Gasteiger partial charge is 0.336 e. The summed E-state index contributed by atoms with van der Waals surface area (Å²) in [6.07, 6.45) is 0. The zero-order valence-corrected chi connectivity index (χ0v) is 14.0. The molecule has 0 N–H and O–H groups in total. The Morgan fingerprint density at radius 3 is 2.61 bits per heavy atom. The molecule has 0 saturated carbocycles. The van der Waals surface area contributed by atoms with Crippen molar-refractivity contribution in [2.75, 3.05) is 0 Å². The predicted molar refractivity (Wildman–Crippen MR) is 92.5 cm³/mol. The lowest BCUT2D eigenvalue weighted by atomic mass is 10.1. The third-order valence-electron chi connectivity index (χ3n) is 3.89. The van der Waals surface area contributed by atoms with E-state index < -0.39 is 0 Å². The molecule has 0 aliphatic carbocycles. The van der Waals surface area contributed by atoms with E-state index in [9.17, 15) is 4.79 Å². The Balaban J connectivity index is 1.95. The van der Waals surface area contributed by atoms with Crippen molar-refractivity contribution >= 4 is 22.6 Å². The second-order valence-electron chi connectivity index (χ2n) is 5.75. The van der Waals surface area contributed by atoms with Crippen LogP contribution in [0.25, 0.3) is 11.0 Å². The molecule has 4 heteroatoms. The van der Waals surface area contributed by atoms with Gasteiger partial charge in [0.15, 0.2) is 0 Å². The van der Waals surface area contributed by atoms with Gasteiger partial charge in [0.2, 0.25) is 0 Å². The van der Waals surface area contributed by atoms with Gasteiger partial charge in [0, 0.05) is 17.5 Å². The van der Waals surface area contributed by atoms with E-state index in [0.717, 1.165) is 22.1 Å². The molecule has 0 atom stereocenters. The van der Waals surface area contributed by atoms with Crippen LogP contribution in [0.5, 0.6) is 5.75 Å². The maximum atomic E-state index is 11.5. The van der Waals surface area contributed by atoms with Crippen LogP contribution in [0.1, 0.15) is 22.3 Å². The monoisotopic (exact) mass is 328 g/mol. The third-order valence-corrected chi connectivity index (χ3v) is 4.19. The first-order valence-electron chi connectivity index (χ1n) is 7.37. The lowest BCUT2D eigenvalue weighted by Crippen LogP contribution is -2.01. The molecule has 0 fully saturated rings. The molecule has 3 aromatic rings. The van der Waals surface area contributed by atoms with Crippen molar-refractivity contribution in [2.24, 2.45) is 0 Å². The molecule has 0 spiro atoms. The van der Waals surface area contributed by atoms with Crippen LogP contribution in [0.3, 0.4) is 0 Å². The van der Waals surface area contributed by atoms with Gasteiger partial charge in [-0.15, -0.1) is 0 Å². The Kier molecular flexibility index (Phi) is 4.14. The Labute approximate surface area is 139 Å². The van der Waals surface area contributed by atoms with Gasteiger partial charge in [0.05, 0.1) is 5.02 Å². The molecule has 3 nitrogen and oxygen atoms in total. The van der Waals surface area contributed by atoms with E-state index in [-0.39, 0.29) is 5.63 Å². The lowest BCUT2D eigenvalue weighted by molar-refractivity contribution is 0.305. The van der Waals surface area contributed by atoms with Gasteiger partial charge in [0.1, 0.15) is 17.9 Å². The number of benzene rings is 2. The molecule has 2 aromatic carbocycles. The molecule has 118 valence electrons. The van der Waals surface area contributed by atoms with Gasteiger partial charge >= 0.3 is 5.63 Å². The highest BCUT2D eigenvalue weighted by atomic mass is 35.5. The maximum absolute atomic E-state index is 11.5. The standard InChI is InChI=1S/C19H17ClO3/c1-11-4-5-12(2)14(6-11)10-22-18-9-17-15(8-16(18)20)13(3)7-19(21)23-17/h4-9H,10H2,1-3H3. The molecule has 3 rings (SSSR count). The predicted octanol–water partition coefficient (Wildman–Crippen LogP) is 4.95. The fourth-order valence-electron chi connectivity index (χ4n) is 2.54. The van der Waals surface area contributed by atoms with Crippen LogP contribution in [-0.4, -0.2) is 0 Å². The summed E-state index contributed by atoms with van der Waals surface area (Å²) in [4.78, 5) is 11.5. The van der Waals surface area contributed by atoms with E-state index in [1.165, 1.54) is 11.6 Å². The average Bonchev–Trinajstić information content (AvgIpc) is 2.49. The summed E-state index contributed by atoms with van der Waals surface area (Å²) in [6.45, 7) is 6.35. The van der Waals surface area contributed by atoms with E-state index >= 15 is 0 Å². The fourth-order valence-corrected chi connectivity index (χ4v) is 2.76. The van der Waals surface area contributed by atoms with Crippen molar-refractivity contribution in [1.82, 2.24) is 0 Å². The van der Waals surface area contributed by atoms with Crippen LogP contribution in [-0.2, 0) is 6.61 Å². The first-order valence-corrected chi connectivity index (χ1v) is 7.75. The average molecular weight is 329 g/mol. The Hall–Kier alpha value is -2.26. The van der Waals surface area contributed by atoms with Gasteiger partial charge in [-0.05, 0) is 43.5 Å².